The number of fused-ring (bicyclic) bond motifs is 1. The maximum absolute atomic E-state index is 6.12. The van der Waals surface area contributed by atoms with Crippen molar-refractivity contribution in [3.05, 3.63) is 16.1 Å². The molecule has 3 rings (SSSR count). The Morgan fingerprint density at radius 1 is 1.53 bits per heavy atom. The summed E-state index contributed by atoms with van der Waals surface area (Å²) < 4.78 is 11.8. The molecule has 2 saturated heterocycles. The van der Waals surface area contributed by atoms with Crippen LogP contribution in [0.1, 0.15) is 24.5 Å². The molecule has 0 saturated carbocycles. The summed E-state index contributed by atoms with van der Waals surface area (Å²) in [6.07, 6.45) is 0.289. The molecule has 1 aromatic heterocycles. The Morgan fingerprint density at radius 3 is 3.05 bits per heavy atom. The lowest BCUT2D eigenvalue weighted by atomic mass is 10.0. The van der Waals surface area contributed by atoms with E-state index in [2.05, 4.69) is 29.1 Å². The summed E-state index contributed by atoms with van der Waals surface area (Å²) in [4.78, 5) is 6.98. The van der Waals surface area contributed by atoms with Gasteiger partial charge in [0.15, 0.2) is 0 Å². The smallest absolute Gasteiger partial charge is 0.0901 e. The second-order valence-corrected chi connectivity index (χ2v) is 6.83. The van der Waals surface area contributed by atoms with Gasteiger partial charge in [-0.3, -0.25) is 4.90 Å². The largest absolute Gasteiger partial charge is 0.379 e. The number of ether oxygens (including phenoxy) is 2. The minimum atomic E-state index is 0.289. The Balaban J connectivity index is 1.61. The average Bonchev–Trinajstić information content (AvgIpc) is 3.02. The van der Waals surface area contributed by atoms with Crippen LogP contribution in [0.3, 0.4) is 0 Å². The lowest BCUT2D eigenvalue weighted by molar-refractivity contribution is 0.00614. The second kappa shape index (κ2) is 5.48. The molecule has 2 aliphatic heterocycles. The van der Waals surface area contributed by atoms with Gasteiger partial charge in [0.05, 0.1) is 36.6 Å². The Hall–Kier alpha value is -0.490. The quantitative estimate of drug-likeness (QED) is 0.847. The van der Waals surface area contributed by atoms with Gasteiger partial charge in [0, 0.05) is 29.9 Å². The van der Waals surface area contributed by atoms with Crippen LogP contribution in [-0.4, -0.2) is 47.8 Å². The summed E-state index contributed by atoms with van der Waals surface area (Å²) in [5, 5.41) is 3.20. The Kier molecular flexibility index (Phi) is 3.89. The number of aryl methyl sites for hydroxylation is 1. The van der Waals surface area contributed by atoms with Gasteiger partial charge >= 0.3 is 0 Å². The lowest BCUT2D eigenvalue weighted by Gasteiger charge is -2.26. The topological polar surface area (TPSA) is 34.6 Å². The fourth-order valence-corrected chi connectivity index (χ4v) is 3.77. The van der Waals surface area contributed by atoms with Crippen LogP contribution in [0.25, 0.3) is 0 Å². The molecule has 2 aliphatic rings. The molecule has 0 amide bonds. The summed E-state index contributed by atoms with van der Waals surface area (Å²) in [5.74, 6) is 0.530. The van der Waals surface area contributed by atoms with Crippen molar-refractivity contribution in [2.45, 2.75) is 45.6 Å². The van der Waals surface area contributed by atoms with Gasteiger partial charge in [-0.15, -0.1) is 11.3 Å². The average molecular weight is 282 g/mol. The van der Waals surface area contributed by atoms with Gasteiger partial charge in [0.1, 0.15) is 0 Å². The molecular formula is C14H22N2O2S. The molecule has 0 radical (unpaired) electrons. The van der Waals surface area contributed by atoms with Crippen LogP contribution in [-0.2, 0) is 16.1 Å². The van der Waals surface area contributed by atoms with Crippen molar-refractivity contribution < 1.29 is 9.47 Å². The van der Waals surface area contributed by atoms with Crippen molar-refractivity contribution in [1.82, 2.24) is 9.88 Å². The zero-order valence-electron chi connectivity index (χ0n) is 11.8. The van der Waals surface area contributed by atoms with Crippen molar-refractivity contribution in [3.8, 4) is 0 Å². The fourth-order valence-electron chi connectivity index (χ4n) is 3.17. The monoisotopic (exact) mass is 282 g/mol. The first-order valence-corrected chi connectivity index (χ1v) is 7.89. The van der Waals surface area contributed by atoms with Crippen LogP contribution in [0.15, 0.2) is 5.38 Å². The Labute approximate surface area is 118 Å². The first-order valence-electron chi connectivity index (χ1n) is 7.01. The number of thiazole rings is 1. The van der Waals surface area contributed by atoms with Crippen LogP contribution < -0.4 is 0 Å². The van der Waals surface area contributed by atoms with Crippen molar-refractivity contribution >= 4 is 11.3 Å². The van der Waals surface area contributed by atoms with Crippen LogP contribution >= 0.6 is 11.3 Å². The van der Waals surface area contributed by atoms with Crippen LogP contribution in [0, 0.1) is 12.8 Å². The molecule has 1 aromatic rings. The Morgan fingerprint density at radius 2 is 2.37 bits per heavy atom. The van der Waals surface area contributed by atoms with Gasteiger partial charge in [-0.1, -0.05) is 0 Å². The van der Waals surface area contributed by atoms with E-state index in [1.807, 2.05) is 6.92 Å². The van der Waals surface area contributed by atoms with Crippen molar-refractivity contribution in [1.29, 1.82) is 0 Å². The highest BCUT2D eigenvalue weighted by molar-refractivity contribution is 7.09. The highest BCUT2D eigenvalue weighted by Gasteiger charge is 2.46. The van der Waals surface area contributed by atoms with Crippen molar-refractivity contribution in [2.75, 3.05) is 19.8 Å². The van der Waals surface area contributed by atoms with Gasteiger partial charge < -0.3 is 9.47 Å². The van der Waals surface area contributed by atoms with E-state index in [4.69, 9.17) is 9.47 Å². The molecule has 0 spiro atoms. The van der Waals surface area contributed by atoms with E-state index in [-0.39, 0.29) is 6.10 Å². The third-order valence-electron chi connectivity index (χ3n) is 4.16. The van der Waals surface area contributed by atoms with E-state index in [1.165, 1.54) is 0 Å². The van der Waals surface area contributed by atoms with Crippen LogP contribution in [0.2, 0.25) is 0 Å². The van der Waals surface area contributed by atoms with E-state index in [0.717, 1.165) is 30.5 Å². The molecule has 0 aliphatic carbocycles. The molecule has 0 unspecified atom stereocenters. The minimum absolute atomic E-state index is 0.289. The first-order chi connectivity index (χ1) is 9.15. The molecule has 2 fully saturated rings. The molecule has 0 bridgehead atoms. The number of hydrogen-bond donors (Lipinski definition) is 0. The standard InChI is InChI=1S/C14H22N2O2S/c1-9(2)16-4-14(12-6-17-7-13(12)16)18-5-11-8-19-10(3)15-11/h8-9,12-14H,4-7H2,1-3H3/t12-,13+,14-/m0/s1. The molecule has 5 heteroatoms. The summed E-state index contributed by atoms with van der Waals surface area (Å²) in [6.45, 7) is 9.89. The third-order valence-corrected chi connectivity index (χ3v) is 4.98. The zero-order valence-corrected chi connectivity index (χ0v) is 12.7. The maximum Gasteiger partial charge on any atom is 0.0901 e. The third kappa shape index (κ3) is 2.70. The number of rotatable bonds is 4. The zero-order chi connectivity index (χ0) is 13.4. The van der Waals surface area contributed by atoms with Crippen LogP contribution in [0.4, 0.5) is 0 Å². The Bertz CT molecular complexity index is 435. The van der Waals surface area contributed by atoms with Gasteiger partial charge in [0.2, 0.25) is 0 Å². The van der Waals surface area contributed by atoms with Gasteiger partial charge in [-0.2, -0.15) is 0 Å². The number of aromatic nitrogens is 1. The van der Waals surface area contributed by atoms with E-state index < -0.39 is 0 Å². The van der Waals surface area contributed by atoms with Crippen molar-refractivity contribution in [2.24, 2.45) is 5.92 Å². The van der Waals surface area contributed by atoms with E-state index >= 15 is 0 Å². The second-order valence-electron chi connectivity index (χ2n) is 5.77. The normalized spacial score (nSPS) is 31.3. The predicted octanol–water partition coefficient (Wildman–Crippen LogP) is 2.08. The number of hydrogen-bond acceptors (Lipinski definition) is 5. The van der Waals surface area contributed by atoms with E-state index in [9.17, 15) is 0 Å². The number of likely N-dealkylation sites (tertiary alicyclic amines) is 1. The van der Waals surface area contributed by atoms with Gasteiger partial charge in [-0.25, -0.2) is 4.98 Å². The molecular weight excluding hydrogens is 260 g/mol. The molecule has 3 atom stereocenters. The highest BCUT2D eigenvalue weighted by atomic mass is 32.1. The summed E-state index contributed by atoms with van der Waals surface area (Å²) in [7, 11) is 0. The minimum Gasteiger partial charge on any atom is -0.379 e. The van der Waals surface area contributed by atoms with Gasteiger partial charge in [-0.05, 0) is 20.8 Å². The fraction of sp³-hybridized carbons (Fsp3) is 0.786. The number of nitrogens with zero attached hydrogens (tertiary/aromatic N) is 2. The predicted molar refractivity (Wildman–Crippen MR) is 75.4 cm³/mol. The molecule has 3 heterocycles. The molecule has 106 valence electrons. The first kappa shape index (κ1) is 13.5. The molecule has 0 aromatic carbocycles. The van der Waals surface area contributed by atoms with Crippen LogP contribution in [0.5, 0.6) is 0 Å². The van der Waals surface area contributed by atoms with E-state index in [0.29, 0.717) is 24.6 Å². The maximum atomic E-state index is 6.12. The summed E-state index contributed by atoms with van der Waals surface area (Å²) >= 11 is 1.69. The highest BCUT2D eigenvalue weighted by Crippen LogP contribution is 2.33. The summed E-state index contributed by atoms with van der Waals surface area (Å²) in [6, 6.07) is 1.10. The lowest BCUT2D eigenvalue weighted by Crippen LogP contribution is -2.38. The molecule has 19 heavy (non-hydrogen) atoms. The SMILES string of the molecule is Cc1nc(CO[C@H]2CN(C(C)C)[C@@H]3COC[C@H]23)cs1. The van der Waals surface area contributed by atoms with E-state index in [1.54, 1.807) is 11.3 Å². The van der Waals surface area contributed by atoms with Gasteiger partial charge in [0.25, 0.3) is 0 Å². The van der Waals surface area contributed by atoms with Crippen molar-refractivity contribution in [3.63, 3.8) is 0 Å². The molecule has 0 N–H and O–H groups in total. The molecule has 4 nitrogen and oxygen atoms in total. The summed E-state index contributed by atoms with van der Waals surface area (Å²) in [5.41, 5.74) is 1.06.